The summed E-state index contributed by atoms with van der Waals surface area (Å²) in [5, 5.41) is 14.1. The Morgan fingerprint density at radius 1 is 0.941 bits per heavy atom. The van der Waals surface area contributed by atoms with E-state index in [1.807, 2.05) is 36.4 Å². The maximum atomic E-state index is 11.5. The van der Waals surface area contributed by atoms with E-state index >= 15 is 0 Å². The summed E-state index contributed by atoms with van der Waals surface area (Å²) in [7, 11) is 3.31. The lowest BCUT2D eigenvalue weighted by Crippen LogP contribution is -2.52. The largest absolute Gasteiger partial charge is 0.497 e. The highest BCUT2D eigenvalue weighted by Gasteiger charge is 2.30. The number of rotatable bonds is 9. The number of methoxy groups -OCH3 is 2. The highest BCUT2D eigenvalue weighted by atomic mass is 35.5. The summed E-state index contributed by atoms with van der Waals surface area (Å²) in [5.74, 6) is 1.54. The molecule has 6 heteroatoms. The third-order valence-electron chi connectivity index (χ3n) is 6.94. The second-order valence-electron chi connectivity index (χ2n) is 8.94. The van der Waals surface area contributed by atoms with E-state index in [9.17, 15) is 5.11 Å². The Morgan fingerprint density at radius 3 is 2.32 bits per heavy atom. The lowest BCUT2D eigenvalue weighted by molar-refractivity contribution is 0.0386. The van der Waals surface area contributed by atoms with Crippen molar-refractivity contribution < 1.29 is 14.6 Å². The smallest absolute Gasteiger partial charge is 0.138 e. The predicted molar refractivity (Wildman–Crippen MR) is 141 cm³/mol. The van der Waals surface area contributed by atoms with E-state index in [1.54, 1.807) is 14.2 Å². The Bertz CT molecular complexity index is 1080. The molecule has 0 spiro atoms. The molecule has 0 amide bonds. The molecular weight excluding hydrogens is 448 g/mol. The zero-order chi connectivity index (χ0) is 24.1. The van der Waals surface area contributed by atoms with Crippen LogP contribution < -0.4 is 14.4 Å². The molecule has 2 unspecified atom stereocenters. The van der Waals surface area contributed by atoms with Gasteiger partial charge < -0.3 is 19.5 Å². The van der Waals surface area contributed by atoms with Crippen LogP contribution >= 0.6 is 11.6 Å². The highest BCUT2D eigenvalue weighted by molar-refractivity contribution is 6.37. The van der Waals surface area contributed by atoms with Crippen molar-refractivity contribution in [2.24, 2.45) is 0 Å². The zero-order valence-corrected chi connectivity index (χ0v) is 21.1. The van der Waals surface area contributed by atoms with Crippen molar-refractivity contribution in [2.45, 2.75) is 38.3 Å². The maximum absolute atomic E-state index is 11.5. The first-order chi connectivity index (χ1) is 16.5. The van der Waals surface area contributed by atoms with Gasteiger partial charge in [-0.1, -0.05) is 49.6 Å². The van der Waals surface area contributed by atoms with Crippen LogP contribution in [0.25, 0.3) is 10.8 Å². The number of hydrogen-bond acceptors (Lipinski definition) is 5. The number of aliphatic hydroxyl groups excluding tert-OH is 1. The minimum Gasteiger partial charge on any atom is -0.497 e. The average Bonchev–Trinajstić information content (AvgIpc) is 2.89. The molecule has 0 aliphatic carbocycles. The van der Waals surface area contributed by atoms with Crippen molar-refractivity contribution in [1.82, 2.24) is 4.90 Å². The molecule has 3 aromatic carbocycles. The van der Waals surface area contributed by atoms with Crippen LogP contribution in [0.3, 0.4) is 0 Å². The molecule has 0 radical (unpaired) electrons. The molecular formula is C28H35ClN2O3. The van der Waals surface area contributed by atoms with Crippen molar-refractivity contribution >= 4 is 28.1 Å². The number of ether oxygens (including phenoxy) is 2. The summed E-state index contributed by atoms with van der Waals surface area (Å²) >= 11 is 6.50. The standard InChI is InChI=1S/C28H35ClN2O3/c1-4-5-6-25(31-17-15-30(16-18-31)22-9-11-23(33-2)12-10-22)28(32)21-7-13-24-20(19-21)8-14-26(34-3)27(24)29/h7-14,19,25,28,32H,4-6,15-18H2,1-3H3. The van der Waals surface area contributed by atoms with Gasteiger partial charge >= 0.3 is 0 Å². The molecule has 5 nitrogen and oxygen atoms in total. The number of unbranched alkanes of at least 4 members (excludes halogenated alkanes) is 1. The first-order valence-electron chi connectivity index (χ1n) is 12.1. The van der Waals surface area contributed by atoms with E-state index in [4.69, 9.17) is 21.1 Å². The molecule has 1 aliphatic heterocycles. The Balaban J connectivity index is 1.50. The van der Waals surface area contributed by atoms with Gasteiger partial charge in [0, 0.05) is 43.3 Å². The van der Waals surface area contributed by atoms with Crippen molar-refractivity contribution in [3.8, 4) is 11.5 Å². The van der Waals surface area contributed by atoms with E-state index in [1.165, 1.54) is 5.69 Å². The van der Waals surface area contributed by atoms with Crippen LogP contribution in [0.15, 0.2) is 54.6 Å². The molecule has 1 fully saturated rings. The Kier molecular flexibility index (Phi) is 8.19. The SMILES string of the molecule is CCCCC(C(O)c1ccc2c(Cl)c(OC)ccc2c1)N1CCN(c2ccc(OC)cc2)CC1. The summed E-state index contributed by atoms with van der Waals surface area (Å²) in [6.45, 7) is 5.93. The van der Waals surface area contributed by atoms with E-state index in [2.05, 4.69) is 34.9 Å². The Labute approximate surface area is 207 Å². The second kappa shape index (κ2) is 11.3. The topological polar surface area (TPSA) is 45.2 Å². The molecule has 1 saturated heterocycles. The van der Waals surface area contributed by atoms with Crippen LogP contribution in [0, 0.1) is 0 Å². The van der Waals surface area contributed by atoms with Gasteiger partial charge in [-0.2, -0.15) is 0 Å². The van der Waals surface area contributed by atoms with Crippen LogP contribution in [0.4, 0.5) is 5.69 Å². The van der Waals surface area contributed by atoms with Gasteiger partial charge in [-0.3, -0.25) is 4.90 Å². The van der Waals surface area contributed by atoms with Gasteiger partial charge in [0.2, 0.25) is 0 Å². The number of fused-ring (bicyclic) bond motifs is 1. The molecule has 2 atom stereocenters. The number of nitrogens with zero attached hydrogens (tertiary/aromatic N) is 2. The summed E-state index contributed by atoms with van der Waals surface area (Å²) in [6.07, 6.45) is 2.63. The summed E-state index contributed by atoms with van der Waals surface area (Å²) < 4.78 is 10.6. The van der Waals surface area contributed by atoms with Gasteiger partial charge in [0.1, 0.15) is 11.5 Å². The molecule has 4 rings (SSSR count). The number of anilines is 1. The molecule has 1 aliphatic rings. The van der Waals surface area contributed by atoms with Crippen molar-refractivity contribution in [2.75, 3.05) is 45.3 Å². The lowest BCUT2D eigenvalue weighted by atomic mass is 9.94. The third kappa shape index (κ3) is 5.27. The monoisotopic (exact) mass is 482 g/mol. The number of piperazine rings is 1. The molecule has 0 saturated carbocycles. The van der Waals surface area contributed by atoms with Crippen LogP contribution in [0.5, 0.6) is 11.5 Å². The number of aliphatic hydroxyl groups is 1. The first kappa shape index (κ1) is 24.6. The number of benzene rings is 3. The molecule has 0 aromatic heterocycles. The van der Waals surface area contributed by atoms with E-state index in [0.29, 0.717) is 10.8 Å². The van der Waals surface area contributed by atoms with E-state index in [-0.39, 0.29) is 6.04 Å². The highest BCUT2D eigenvalue weighted by Crippen LogP contribution is 2.35. The zero-order valence-electron chi connectivity index (χ0n) is 20.3. The van der Waals surface area contributed by atoms with Gasteiger partial charge in [0.15, 0.2) is 0 Å². The van der Waals surface area contributed by atoms with Gasteiger partial charge in [-0.15, -0.1) is 0 Å². The lowest BCUT2D eigenvalue weighted by Gasteiger charge is -2.42. The van der Waals surface area contributed by atoms with Crippen molar-refractivity contribution in [1.29, 1.82) is 0 Å². The normalized spacial score (nSPS) is 16.4. The summed E-state index contributed by atoms with van der Waals surface area (Å²) in [4.78, 5) is 4.87. The van der Waals surface area contributed by atoms with Crippen LogP contribution in [0.1, 0.15) is 37.9 Å². The summed E-state index contributed by atoms with van der Waals surface area (Å²) in [5.41, 5.74) is 2.15. The van der Waals surface area contributed by atoms with Crippen LogP contribution in [0.2, 0.25) is 5.02 Å². The van der Waals surface area contributed by atoms with Gasteiger partial charge in [-0.05, 0) is 53.8 Å². The minimum atomic E-state index is -0.552. The van der Waals surface area contributed by atoms with Crippen LogP contribution in [-0.4, -0.2) is 56.4 Å². The Morgan fingerprint density at radius 2 is 1.68 bits per heavy atom. The third-order valence-corrected chi connectivity index (χ3v) is 7.33. The van der Waals surface area contributed by atoms with Gasteiger partial charge in [-0.25, -0.2) is 0 Å². The molecule has 34 heavy (non-hydrogen) atoms. The summed E-state index contributed by atoms with van der Waals surface area (Å²) in [6, 6.07) is 18.3. The fourth-order valence-corrected chi connectivity index (χ4v) is 5.22. The molecule has 1 heterocycles. The molecule has 3 aromatic rings. The fourth-order valence-electron chi connectivity index (χ4n) is 4.91. The molecule has 0 bridgehead atoms. The molecule has 182 valence electrons. The van der Waals surface area contributed by atoms with Gasteiger partial charge in [0.05, 0.1) is 25.3 Å². The van der Waals surface area contributed by atoms with Crippen molar-refractivity contribution in [3.05, 3.63) is 65.2 Å². The minimum absolute atomic E-state index is 0.0872. The van der Waals surface area contributed by atoms with E-state index in [0.717, 1.165) is 67.5 Å². The van der Waals surface area contributed by atoms with E-state index < -0.39 is 6.10 Å². The first-order valence-corrected chi connectivity index (χ1v) is 12.5. The number of hydrogen-bond donors (Lipinski definition) is 1. The second-order valence-corrected chi connectivity index (χ2v) is 9.32. The van der Waals surface area contributed by atoms with Crippen LogP contribution in [-0.2, 0) is 0 Å². The van der Waals surface area contributed by atoms with Gasteiger partial charge in [0.25, 0.3) is 0 Å². The number of halogens is 1. The molecule has 1 N–H and O–H groups in total. The fraction of sp³-hybridized carbons (Fsp3) is 0.429. The van der Waals surface area contributed by atoms with Crippen molar-refractivity contribution in [3.63, 3.8) is 0 Å². The maximum Gasteiger partial charge on any atom is 0.138 e. The Hall–Kier alpha value is -2.47. The average molecular weight is 483 g/mol. The predicted octanol–water partition coefficient (Wildman–Crippen LogP) is 5.92. The quantitative estimate of drug-likeness (QED) is 0.410.